The molecule has 45 heavy (non-hydrogen) atoms. The van der Waals surface area contributed by atoms with E-state index in [-0.39, 0.29) is 34.1 Å². The van der Waals surface area contributed by atoms with E-state index in [9.17, 15) is 26.4 Å². The summed E-state index contributed by atoms with van der Waals surface area (Å²) in [6.07, 6.45) is 1.23. The Kier molecular flexibility index (Phi) is 9.91. The summed E-state index contributed by atoms with van der Waals surface area (Å²) in [7, 11) is -2.00. The molecule has 2 fully saturated rings. The molecule has 2 aliphatic heterocycles. The molecule has 0 bridgehead atoms. The molecule has 0 saturated carbocycles. The minimum Gasteiger partial charge on any atom is -0.495 e. The first-order valence-electron chi connectivity index (χ1n) is 14.7. The van der Waals surface area contributed by atoms with E-state index >= 15 is 0 Å². The van der Waals surface area contributed by atoms with Gasteiger partial charge in [0.25, 0.3) is 5.91 Å². The molecule has 0 spiro atoms. The van der Waals surface area contributed by atoms with Crippen LogP contribution in [0.4, 0.5) is 18.9 Å². The van der Waals surface area contributed by atoms with Crippen molar-refractivity contribution in [1.29, 1.82) is 0 Å². The molecule has 0 radical (unpaired) electrons. The summed E-state index contributed by atoms with van der Waals surface area (Å²) < 4.78 is 75.7. The number of anilines is 1. The van der Waals surface area contributed by atoms with E-state index in [0.717, 1.165) is 69.1 Å². The lowest BCUT2D eigenvalue weighted by Crippen LogP contribution is -2.49. The summed E-state index contributed by atoms with van der Waals surface area (Å²) in [5.41, 5.74) is 1.22. The molecule has 3 heterocycles. The minimum atomic E-state index is -4.49. The largest absolute Gasteiger partial charge is 0.495 e. The second-order valence-electron chi connectivity index (χ2n) is 11.3. The van der Waals surface area contributed by atoms with Crippen LogP contribution < -0.4 is 15.4 Å². The van der Waals surface area contributed by atoms with E-state index < -0.39 is 28.5 Å². The van der Waals surface area contributed by atoms with Gasteiger partial charge in [0.05, 0.1) is 41.6 Å². The molecular formula is C31H36F3N5O5S. The number of sulfone groups is 1. The maximum Gasteiger partial charge on any atom is 0.406 e. The quantitative estimate of drug-likeness (QED) is 0.355. The van der Waals surface area contributed by atoms with E-state index in [4.69, 9.17) is 9.47 Å². The molecule has 0 aliphatic carbocycles. The number of halogens is 3. The van der Waals surface area contributed by atoms with Crippen LogP contribution in [0.5, 0.6) is 5.75 Å². The maximum absolute atomic E-state index is 13.5. The van der Waals surface area contributed by atoms with Gasteiger partial charge in [0.1, 0.15) is 17.8 Å². The lowest BCUT2D eigenvalue weighted by Gasteiger charge is -2.39. The summed E-state index contributed by atoms with van der Waals surface area (Å²) in [4.78, 5) is 20.2. The van der Waals surface area contributed by atoms with Crippen LogP contribution in [-0.2, 0) is 21.1 Å². The Hall–Kier alpha value is -3.80. The van der Waals surface area contributed by atoms with Gasteiger partial charge in [0, 0.05) is 50.2 Å². The number of methoxy groups -OCH3 is 1. The zero-order valence-electron chi connectivity index (χ0n) is 25.1. The summed E-state index contributed by atoms with van der Waals surface area (Å²) in [6, 6.07) is 7.84. The Balaban J connectivity index is 1.35. The summed E-state index contributed by atoms with van der Waals surface area (Å²) >= 11 is 0. The summed E-state index contributed by atoms with van der Waals surface area (Å²) in [6.45, 7) is 2.03. The van der Waals surface area contributed by atoms with Crippen molar-refractivity contribution in [3.05, 3.63) is 47.8 Å². The Morgan fingerprint density at radius 1 is 1.13 bits per heavy atom. The van der Waals surface area contributed by atoms with Crippen LogP contribution in [0.2, 0.25) is 0 Å². The van der Waals surface area contributed by atoms with E-state index in [1.165, 1.54) is 37.4 Å². The van der Waals surface area contributed by atoms with E-state index in [2.05, 4.69) is 32.4 Å². The van der Waals surface area contributed by atoms with Crippen molar-refractivity contribution in [2.75, 3.05) is 51.5 Å². The van der Waals surface area contributed by atoms with Crippen LogP contribution in [0, 0.1) is 11.8 Å². The molecule has 14 heteroatoms. The molecule has 1 aromatic heterocycles. The van der Waals surface area contributed by atoms with Crippen molar-refractivity contribution in [1.82, 2.24) is 19.8 Å². The number of carbonyl (C=O) groups is 1. The van der Waals surface area contributed by atoms with Crippen LogP contribution in [-0.4, -0.2) is 93.2 Å². The topological polar surface area (TPSA) is 115 Å². The summed E-state index contributed by atoms with van der Waals surface area (Å²) in [5, 5.41) is 6.09. The highest BCUT2D eigenvalue weighted by atomic mass is 32.2. The number of likely N-dealkylation sites (tertiary alicyclic amines) is 1. The monoisotopic (exact) mass is 647 g/mol. The number of hydrogen-bond acceptors (Lipinski definition) is 8. The number of ether oxygens (including phenoxy) is 2. The lowest BCUT2D eigenvalue weighted by atomic mass is 9.99. The van der Waals surface area contributed by atoms with Crippen LogP contribution in [0.15, 0.2) is 41.6 Å². The fraction of sp³-hybridized carbons (Fsp3) is 0.484. The normalized spacial score (nSPS) is 17.1. The highest BCUT2D eigenvalue weighted by Gasteiger charge is 2.30. The third-order valence-electron chi connectivity index (χ3n) is 8.09. The van der Waals surface area contributed by atoms with Crippen molar-refractivity contribution in [2.24, 2.45) is 0 Å². The van der Waals surface area contributed by atoms with Gasteiger partial charge in [0.15, 0.2) is 9.84 Å². The molecule has 5 rings (SSSR count). The number of amides is 1. The van der Waals surface area contributed by atoms with Gasteiger partial charge in [0.2, 0.25) is 0 Å². The minimum absolute atomic E-state index is 0.0661. The van der Waals surface area contributed by atoms with Gasteiger partial charge >= 0.3 is 6.18 Å². The van der Waals surface area contributed by atoms with Crippen molar-refractivity contribution < 1.29 is 35.9 Å². The van der Waals surface area contributed by atoms with E-state index in [1.807, 2.05) is 0 Å². The second kappa shape index (κ2) is 13.7. The zero-order valence-corrected chi connectivity index (χ0v) is 25.9. The van der Waals surface area contributed by atoms with Crippen molar-refractivity contribution in [3.8, 4) is 17.6 Å². The molecule has 10 nitrogen and oxygen atoms in total. The van der Waals surface area contributed by atoms with Gasteiger partial charge in [-0.15, -0.1) is 0 Å². The van der Waals surface area contributed by atoms with Gasteiger partial charge in [-0.1, -0.05) is 11.8 Å². The highest BCUT2D eigenvalue weighted by molar-refractivity contribution is 7.90. The standard InChI is InChI=1S/C31H36F3N5O5S/c1-43-28-6-5-24(45(2,41)42)18-26(28)35-11-3-4-21-16-25(29-27(17-21)39(20-36-29)19-31(32,33)34)30(40)37-22-7-12-38(13-8-22)23-9-14-44-15-10-23/h5-6,16-18,20,22-23,35H,7-15,19H2,1-2H3,(H,37,40). The first-order chi connectivity index (χ1) is 21.4. The van der Waals surface area contributed by atoms with Gasteiger partial charge in [-0.2, -0.15) is 13.2 Å². The number of piperidine rings is 1. The van der Waals surface area contributed by atoms with Crippen LogP contribution in [0.1, 0.15) is 41.6 Å². The number of hydrogen-bond donors (Lipinski definition) is 2. The van der Waals surface area contributed by atoms with Gasteiger partial charge < -0.3 is 29.6 Å². The third kappa shape index (κ3) is 8.27. The lowest BCUT2D eigenvalue weighted by molar-refractivity contribution is -0.139. The van der Waals surface area contributed by atoms with Gasteiger partial charge in [-0.25, -0.2) is 13.4 Å². The Bertz CT molecular complexity index is 1700. The molecule has 242 valence electrons. The van der Waals surface area contributed by atoms with Crippen molar-refractivity contribution >= 4 is 32.5 Å². The van der Waals surface area contributed by atoms with Gasteiger partial charge in [-0.3, -0.25) is 4.79 Å². The van der Waals surface area contributed by atoms with Crippen molar-refractivity contribution in [2.45, 2.75) is 55.4 Å². The fourth-order valence-electron chi connectivity index (χ4n) is 5.79. The fourth-order valence-corrected chi connectivity index (χ4v) is 6.44. The Morgan fingerprint density at radius 2 is 1.87 bits per heavy atom. The zero-order chi connectivity index (χ0) is 32.2. The molecule has 0 atom stereocenters. The number of nitrogens with one attached hydrogen (secondary N) is 2. The molecule has 0 unspecified atom stereocenters. The number of alkyl halides is 3. The first kappa shape index (κ1) is 32.6. The predicted octanol–water partition coefficient (Wildman–Crippen LogP) is 3.85. The molecule has 3 aromatic rings. The number of fused-ring (bicyclic) bond motifs is 1. The van der Waals surface area contributed by atoms with E-state index in [1.54, 1.807) is 0 Å². The van der Waals surface area contributed by atoms with Crippen LogP contribution in [0.3, 0.4) is 0 Å². The Morgan fingerprint density at radius 3 is 2.53 bits per heavy atom. The summed E-state index contributed by atoms with van der Waals surface area (Å²) in [5.74, 6) is 5.83. The smallest absolute Gasteiger partial charge is 0.406 e. The highest BCUT2D eigenvalue weighted by Crippen LogP contribution is 2.28. The number of aromatic nitrogens is 2. The van der Waals surface area contributed by atoms with Crippen molar-refractivity contribution in [3.63, 3.8) is 0 Å². The molecule has 2 saturated heterocycles. The predicted molar refractivity (Wildman–Crippen MR) is 163 cm³/mol. The average molecular weight is 648 g/mol. The number of benzene rings is 2. The molecular weight excluding hydrogens is 611 g/mol. The number of nitrogens with zero attached hydrogens (tertiary/aromatic N) is 3. The number of imidazole rings is 1. The Labute approximate surface area is 260 Å². The second-order valence-corrected chi connectivity index (χ2v) is 13.3. The third-order valence-corrected chi connectivity index (χ3v) is 9.20. The number of carbonyl (C=O) groups excluding carboxylic acids is 1. The van der Waals surface area contributed by atoms with Gasteiger partial charge in [-0.05, 0) is 56.0 Å². The average Bonchev–Trinajstić information content (AvgIpc) is 3.40. The molecule has 1 amide bonds. The van der Waals surface area contributed by atoms with Crippen LogP contribution in [0.25, 0.3) is 11.0 Å². The maximum atomic E-state index is 13.5. The molecule has 2 aromatic carbocycles. The van der Waals surface area contributed by atoms with Crippen LogP contribution >= 0.6 is 0 Å². The first-order valence-corrected chi connectivity index (χ1v) is 16.6. The molecule has 2 N–H and O–H groups in total. The SMILES string of the molecule is COc1ccc(S(C)(=O)=O)cc1NCC#Cc1cc(C(=O)NC2CCN(C3CCOCC3)CC2)c2ncn(CC(F)(F)F)c2c1. The van der Waals surface area contributed by atoms with E-state index in [0.29, 0.717) is 23.0 Å². The number of rotatable bonds is 8. The molecule has 2 aliphatic rings.